The molecule has 0 saturated heterocycles. The Hall–Kier alpha value is -1.68. The van der Waals surface area contributed by atoms with Crippen LogP contribution in [0.15, 0.2) is 30.7 Å². The molecule has 2 aromatic heterocycles. The topological polar surface area (TPSA) is 47.8 Å². The van der Waals surface area contributed by atoms with Crippen LogP contribution < -0.4 is 0 Å². The van der Waals surface area contributed by atoms with Gasteiger partial charge in [0, 0.05) is 24.5 Å². The summed E-state index contributed by atoms with van der Waals surface area (Å²) in [7, 11) is 0. The van der Waals surface area contributed by atoms with Crippen molar-refractivity contribution in [1.29, 1.82) is 0 Å². The van der Waals surface area contributed by atoms with Crippen LogP contribution in [0.2, 0.25) is 5.15 Å². The SMILES string of the molecule is CCCn1cc(C(=O)c2ccc(Cl)nc2)cn1. The van der Waals surface area contributed by atoms with Gasteiger partial charge in [-0.05, 0) is 18.6 Å². The molecule has 0 radical (unpaired) electrons. The molecule has 0 aliphatic carbocycles. The second kappa shape index (κ2) is 5.10. The Bertz CT molecular complexity index is 519. The maximum absolute atomic E-state index is 12.0. The van der Waals surface area contributed by atoms with Gasteiger partial charge in [-0.1, -0.05) is 18.5 Å². The number of hydrogen-bond donors (Lipinski definition) is 0. The first-order valence-electron chi connectivity index (χ1n) is 5.39. The summed E-state index contributed by atoms with van der Waals surface area (Å²) < 4.78 is 1.76. The molecule has 0 amide bonds. The van der Waals surface area contributed by atoms with E-state index < -0.39 is 0 Å². The van der Waals surface area contributed by atoms with E-state index >= 15 is 0 Å². The lowest BCUT2D eigenvalue weighted by molar-refractivity contribution is 0.103. The van der Waals surface area contributed by atoms with Crippen LogP contribution in [0.25, 0.3) is 0 Å². The summed E-state index contributed by atoms with van der Waals surface area (Å²) in [4.78, 5) is 15.9. The quantitative estimate of drug-likeness (QED) is 0.618. The summed E-state index contributed by atoms with van der Waals surface area (Å²) in [6.07, 6.45) is 5.78. The fourth-order valence-corrected chi connectivity index (χ4v) is 1.62. The van der Waals surface area contributed by atoms with E-state index in [9.17, 15) is 4.79 Å². The molecule has 88 valence electrons. The Labute approximate surface area is 104 Å². The number of nitrogens with zero attached hydrogens (tertiary/aromatic N) is 3. The average Bonchev–Trinajstić information content (AvgIpc) is 2.78. The van der Waals surface area contributed by atoms with Gasteiger partial charge < -0.3 is 0 Å². The van der Waals surface area contributed by atoms with E-state index in [-0.39, 0.29) is 5.78 Å². The predicted octanol–water partition coefficient (Wildman–Crippen LogP) is 2.57. The fourth-order valence-electron chi connectivity index (χ4n) is 1.51. The first kappa shape index (κ1) is 11.8. The summed E-state index contributed by atoms with van der Waals surface area (Å²) in [6, 6.07) is 3.26. The Balaban J connectivity index is 2.21. The van der Waals surface area contributed by atoms with Crippen LogP contribution in [-0.4, -0.2) is 20.5 Å². The lowest BCUT2D eigenvalue weighted by atomic mass is 10.1. The zero-order chi connectivity index (χ0) is 12.3. The molecule has 0 unspecified atom stereocenters. The molecule has 0 saturated carbocycles. The molecule has 0 aliphatic heterocycles. The summed E-state index contributed by atoms with van der Waals surface area (Å²) >= 11 is 5.67. The van der Waals surface area contributed by atoms with Gasteiger partial charge in [0.15, 0.2) is 5.78 Å². The molecule has 4 nitrogen and oxygen atoms in total. The molecule has 0 bridgehead atoms. The van der Waals surface area contributed by atoms with Gasteiger partial charge in [0.1, 0.15) is 5.15 Å². The Morgan fingerprint density at radius 2 is 2.18 bits per heavy atom. The number of aromatic nitrogens is 3. The van der Waals surface area contributed by atoms with Crippen molar-refractivity contribution < 1.29 is 4.79 Å². The van der Waals surface area contributed by atoms with Crippen LogP contribution >= 0.6 is 11.6 Å². The molecule has 2 aromatic rings. The van der Waals surface area contributed by atoms with Gasteiger partial charge in [-0.3, -0.25) is 9.48 Å². The van der Waals surface area contributed by atoms with Crippen LogP contribution in [0, 0.1) is 0 Å². The molecular weight excluding hydrogens is 238 g/mol. The van der Waals surface area contributed by atoms with E-state index in [0.717, 1.165) is 13.0 Å². The lowest BCUT2D eigenvalue weighted by Crippen LogP contribution is -2.01. The lowest BCUT2D eigenvalue weighted by Gasteiger charge is -1.97. The maximum Gasteiger partial charge on any atom is 0.197 e. The number of rotatable bonds is 4. The minimum absolute atomic E-state index is 0.0866. The highest BCUT2D eigenvalue weighted by molar-refractivity contribution is 6.29. The number of carbonyl (C=O) groups excluding carboxylic acids is 1. The molecule has 0 atom stereocenters. The van der Waals surface area contributed by atoms with E-state index in [0.29, 0.717) is 16.3 Å². The molecule has 5 heteroatoms. The summed E-state index contributed by atoms with van der Waals surface area (Å²) in [5, 5.41) is 4.50. The number of ketones is 1. The van der Waals surface area contributed by atoms with E-state index in [4.69, 9.17) is 11.6 Å². The first-order valence-corrected chi connectivity index (χ1v) is 5.77. The number of carbonyl (C=O) groups is 1. The third-order valence-corrected chi connectivity index (χ3v) is 2.56. The second-order valence-electron chi connectivity index (χ2n) is 3.69. The fraction of sp³-hybridized carbons (Fsp3) is 0.250. The first-order chi connectivity index (χ1) is 8.20. The summed E-state index contributed by atoms with van der Waals surface area (Å²) in [6.45, 7) is 2.87. The van der Waals surface area contributed by atoms with Gasteiger partial charge in [0.25, 0.3) is 0 Å². The van der Waals surface area contributed by atoms with Gasteiger partial charge in [0.05, 0.1) is 11.8 Å². The highest BCUT2D eigenvalue weighted by atomic mass is 35.5. The molecule has 0 aliphatic rings. The van der Waals surface area contributed by atoms with Crippen molar-refractivity contribution in [2.24, 2.45) is 0 Å². The molecule has 2 heterocycles. The Morgan fingerprint density at radius 3 is 2.82 bits per heavy atom. The second-order valence-corrected chi connectivity index (χ2v) is 4.08. The summed E-state index contributed by atoms with van der Waals surface area (Å²) in [5.41, 5.74) is 1.09. The largest absolute Gasteiger partial charge is 0.288 e. The zero-order valence-corrected chi connectivity index (χ0v) is 10.2. The molecule has 0 aromatic carbocycles. The monoisotopic (exact) mass is 249 g/mol. The van der Waals surface area contributed by atoms with Crippen LogP contribution in [0.1, 0.15) is 29.3 Å². The highest BCUT2D eigenvalue weighted by Gasteiger charge is 2.11. The van der Waals surface area contributed by atoms with Crippen LogP contribution in [0.3, 0.4) is 0 Å². The Morgan fingerprint density at radius 1 is 1.35 bits per heavy atom. The van der Waals surface area contributed by atoms with Gasteiger partial charge in [0.2, 0.25) is 0 Å². The molecular formula is C12H12ClN3O. The number of hydrogen-bond acceptors (Lipinski definition) is 3. The van der Waals surface area contributed by atoms with Crippen molar-refractivity contribution in [3.8, 4) is 0 Å². The van der Waals surface area contributed by atoms with Gasteiger partial charge in [-0.25, -0.2) is 4.98 Å². The molecule has 0 N–H and O–H groups in total. The van der Waals surface area contributed by atoms with Crippen molar-refractivity contribution >= 4 is 17.4 Å². The third kappa shape index (κ3) is 2.71. The standard InChI is InChI=1S/C12H12ClN3O/c1-2-5-16-8-10(7-15-16)12(17)9-3-4-11(13)14-6-9/h3-4,6-8H,2,5H2,1H3. The van der Waals surface area contributed by atoms with Gasteiger partial charge in [-0.15, -0.1) is 0 Å². The van der Waals surface area contributed by atoms with E-state index in [1.807, 2.05) is 0 Å². The van der Waals surface area contributed by atoms with Crippen molar-refractivity contribution in [2.45, 2.75) is 19.9 Å². The van der Waals surface area contributed by atoms with Gasteiger partial charge >= 0.3 is 0 Å². The minimum atomic E-state index is -0.0866. The molecule has 17 heavy (non-hydrogen) atoms. The van der Waals surface area contributed by atoms with Crippen molar-refractivity contribution in [1.82, 2.24) is 14.8 Å². The minimum Gasteiger partial charge on any atom is -0.288 e. The molecule has 2 rings (SSSR count). The number of halogens is 1. The van der Waals surface area contributed by atoms with Crippen LogP contribution in [0.5, 0.6) is 0 Å². The Kier molecular flexibility index (Phi) is 3.54. The van der Waals surface area contributed by atoms with E-state index in [1.165, 1.54) is 6.20 Å². The molecule has 0 spiro atoms. The zero-order valence-electron chi connectivity index (χ0n) is 9.43. The molecule has 0 fully saturated rings. The van der Waals surface area contributed by atoms with Crippen molar-refractivity contribution in [3.05, 3.63) is 47.0 Å². The normalized spacial score (nSPS) is 10.5. The predicted molar refractivity (Wildman–Crippen MR) is 65.2 cm³/mol. The van der Waals surface area contributed by atoms with Crippen LogP contribution in [-0.2, 0) is 6.54 Å². The number of pyridine rings is 1. The van der Waals surface area contributed by atoms with Crippen LogP contribution in [0.4, 0.5) is 0 Å². The highest BCUT2D eigenvalue weighted by Crippen LogP contribution is 2.11. The summed E-state index contributed by atoms with van der Waals surface area (Å²) in [5.74, 6) is -0.0866. The third-order valence-electron chi connectivity index (χ3n) is 2.34. The number of aryl methyl sites for hydroxylation is 1. The average molecular weight is 250 g/mol. The van der Waals surface area contributed by atoms with Gasteiger partial charge in [-0.2, -0.15) is 5.10 Å². The smallest absolute Gasteiger partial charge is 0.197 e. The van der Waals surface area contributed by atoms with E-state index in [1.54, 1.807) is 29.2 Å². The van der Waals surface area contributed by atoms with E-state index in [2.05, 4.69) is 17.0 Å². The van der Waals surface area contributed by atoms with Crippen molar-refractivity contribution in [2.75, 3.05) is 0 Å². The van der Waals surface area contributed by atoms with Crippen molar-refractivity contribution in [3.63, 3.8) is 0 Å². The maximum atomic E-state index is 12.0.